The first kappa shape index (κ1) is 36.1. The molecule has 0 spiro atoms. The predicted molar refractivity (Wildman–Crippen MR) is 275 cm³/mol. The Morgan fingerprint density at radius 2 is 0.923 bits per heavy atom. The van der Waals surface area contributed by atoms with Gasteiger partial charge >= 0.3 is 0 Å². The minimum absolute atomic E-state index is 0.659. The molecule has 0 saturated heterocycles. The van der Waals surface area contributed by atoms with Crippen molar-refractivity contribution in [3.8, 4) is 45.1 Å². The molecule has 0 radical (unpaired) electrons. The van der Waals surface area contributed by atoms with E-state index < -0.39 is 0 Å². The van der Waals surface area contributed by atoms with E-state index in [9.17, 15) is 0 Å². The van der Waals surface area contributed by atoms with Crippen LogP contribution in [0.15, 0.2) is 218 Å². The van der Waals surface area contributed by atoms with Crippen LogP contribution < -0.4 is 0 Å². The van der Waals surface area contributed by atoms with Gasteiger partial charge in [0.1, 0.15) is 0 Å². The molecular weight excluding hydrogens is 809 g/mol. The van der Waals surface area contributed by atoms with E-state index in [0.717, 1.165) is 55.2 Å². The van der Waals surface area contributed by atoms with Crippen LogP contribution in [0.4, 0.5) is 0 Å². The standard InChI is InChI=1S/C60H36N4S/c1-3-16-37(17-4-1)39-20-15-21-42(34-39)63-53-33-31-41(36-49(53)55-56-47-26-11-14-29-54(47)65-59(56)45-24-8-7-23-44(45)58(55)63)40-30-32-52-48(35-40)43-22-10-13-28-51(43)64(52)60-61-50-27-12-9-25-46(50)57(62-60)38-18-5-2-6-19-38/h1-36H. The molecule has 10 aromatic carbocycles. The average Bonchev–Trinajstić information content (AvgIpc) is 4.04. The second-order valence-electron chi connectivity index (χ2n) is 16.9. The second kappa shape index (κ2) is 14.1. The third-order valence-electron chi connectivity index (χ3n) is 13.3. The second-order valence-corrected chi connectivity index (χ2v) is 17.9. The van der Waals surface area contributed by atoms with Gasteiger partial charge in [-0.25, -0.2) is 9.97 Å². The molecule has 0 aliphatic heterocycles. The van der Waals surface area contributed by atoms with Gasteiger partial charge < -0.3 is 4.57 Å². The fourth-order valence-electron chi connectivity index (χ4n) is 10.4. The summed E-state index contributed by atoms with van der Waals surface area (Å²) in [4.78, 5) is 10.5. The Hall–Kier alpha value is -8.38. The Labute approximate surface area is 377 Å². The maximum Gasteiger partial charge on any atom is 0.235 e. The van der Waals surface area contributed by atoms with Crippen LogP contribution in [0.5, 0.6) is 0 Å². The topological polar surface area (TPSA) is 35.6 Å². The Kier molecular flexibility index (Phi) is 7.82. The molecular formula is C60H36N4S. The fourth-order valence-corrected chi connectivity index (χ4v) is 11.7. The number of hydrogen-bond donors (Lipinski definition) is 0. The lowest BCUT2D eigenvalue weighted by molar-refractivity contribution is 1.01. The normalized spacial score (nSPS) is 12.0. The summed E-state index contributed by atoms with van der Waals surface area (Å²) in [6.07, 6.45) is 0. The smallest absolute Gasteiger partial charge is 0.235 e. The monoisotopic (exact) mass is 844 g/mol. The number of benzene rings is 10. The van der Waals surface area contributed by atoms with Crippen LogP contribution in [0, 0.1) is 0 Å². The Balaban J connectivity index is 1.03. The van der Waals surface area contributed by atoms with Crippen molar-refractivity contribution in [1.82, 2.24) is 19.1 Å². The maximum atomic E-state index is 5.32. The zero-order chi connectivity index (χ0) is 42.6. The maximum absolute atomic E-state index is 5.32. The van der Waals surface area contributed by atoms with Gasteiger partial charge in [-0.05, 0) is 76.9 Å². The van der Waals surface area contributed by atoms with Crippen molar-refractivity contribution in [2.24, 2.45) is 0 Å². The van der Waals surface area contributed by atoms with E-state index in [1.165, 1.54) is 69.4 Å². The van der Waals surface area contributed by atoms with Crippen molar-refractivity contribution < 1.29 is 0 Å². The van der Waals surface area contributed by atoms with Crippen LogP contribution in [-0.4, -0.2) is 19.1 Å². The minimum atomic E-state index is 0.659. The van der Waals surface area contributed by atoms with E-state index in [2.05, 4.69) is 221 Å². The summed E-state index contributed by atoms with van der Waals surface area (Å²) in [5.41, 5.74) is 13.3. The summed E-state index contributed by atoms with van der Waals surface area (Å²) in [6, 6.07) is 79.0. The molecule has 4 heterocycles. The lowest BCUT2D eigenvalue weighted by Gasteiger charge is -2.13. The third-order valence-corrected chi connectivity index (χ3v) is 14.5. The van der Waals surface area contributed by atoms with Crippen molar-refractivity contribution in [3.05, 3.63) is 218 Å². The van der Waals surface area contributed by atoms with Crippen LogP contribution in [0.2, 0.25) is 0 Å². The van der Waals surface area contributed by atoms with Crippen LogP contribution in [0.1, 0.15) is 0 Å². The summed E-state index contributed by atoms with van der Waals surface area (Å²) < 4.78 is 7.38. The highest BCUT2D eigenvalue weighted by Gasteiger charge is 2.23. The highest BCUT2D eigenvalue weighted by molar-refractivity contribution is 7.27. The highest BCUT2D eigenvalue weighted by Crippen LogP contribution is 2.49. The summed E-state index contributed by atoms with van der Waals surface area (Å²) in [6.45, 7) is 0. The number of thiophene rings is 1. The minimum Gasteiger partial charge on any atom is -0.309 e. The number of rotatable bonds is 5. The van der Waals surface area contributed by atoms with E-state index in [4.69, 9.17) is 9.97 Å². The van der Waals surface area contributed by atoms with Gasteiger partial charge in [-0.1, -0.05) is 164 Å². The summed E-state index contributed by atoms with van der Waals surface area (Å²) >= 11 is 1.90. The molecule has 14 rings (SSSR count). The van der Waals surface area contributed by atoms with Crippen LogP contribution in [0.25, 0.3) is 131 Å². The van der Waals surface area contributed by atoms with Gasteiger partial charge in [0.25, 0.3) is 0 Å². The quantitative estimate of drug-likeness (QED) is 0.173. The largest absolute Gasteiger partial charge is 0.309 e. The number of hydrogen-bond acceptors (Lipinski definition) is 3. The molecule has 0 saturated carbocycles. The zero-order valence-electron chi connectivity index (χ0n) is 35.0. The molecule has 65 heavy (non-hydrogen) atoms. The summed E-state index contributed by atoms with van der Waals surface area (Å²) in [7, 11) is 0. The lowest BCUT2D eigenvalue weighted by atomic mass is 9.97. The van der Waals surface area contributed by atoms with Crippen molar-refractivity contribution in [2.75, 3.05) is 0 Å². The van der Waals surface area contributed by atoms with Crippen molar-refractivity contribution in [1.29, 1.82) is 0 Å². The summed E-state index contributed by atoms with van der Waals surface area (Å²) in [5, 5.41) is 11.0. The van der Waals surface area contributed by atoms with E-state index in [0.29, 0.717) is 5.95 Å². The van der Waals surface area contributed by atoms with Gasteiger partial charge in [-0.3, -0.25) is 4.57 Å². The summed E-state index contributed by atoms with van der Waals surface area (Å²) in [5.74, 6) is 0.659. The van der Waals surface area contributed by atoms with Gasteiger partial charge in [0, 0.05) is 69.1 Å². The molecule has 0 N–H and O–H groups in total. The molecule has 0 unspecified atom stereocenters. The Bertz CT molecular complexity index is 4240. The van der Waals surface area contributed by atoms with Crippen LogP contribution in [-0.2, 0) is 0 Å². The molecule has 0 fully saturated rings. The van der Waals surface area contributed by atoms with Gasteiger partial charge in [0.2, 0.25) is 5.95 Å². The van der Waals surface area contributed by atoms with E-state index >= 15 is 0 Å². The van der Waals surface area contributed by atoms with Gasteiger partial charge in [0.15, 0.2) is 0 Å². The first-order valence-electron chi connectivity index (χ1n) is 22.1. The van der Waals surface area contributed by atoms with E-state index in [1.54, 1.807) is 0 Å². The van der Waals surface area contributed by atoms with E-state index in [-0.39, 0.29) is 0 Å². The molecule has 4 aromatic heterocycles. The highest BCUT2D eigenvalue weighted by atomic mass is 32.1. The number of aromatic nitrogens is 4. The molecule has 5 heteroatoms. The van der Waals surface area contributed by atoms with Gasteiger partial charge in [-0.2, -0.15) is 0 Å². The molecule has 0 aliphatic rings. The van der Waals surface area contributed by atoms with Crippen LogP contribution in [0.3, 0.4) is 0 Å². The van der Waals surface area contributed by atoms with Gasteiger partial charge in [0.05, 0.1) is 33.3 Å². The number of nitrogens with zero attached hydrogens (tertiary/aromatic N) is 4. The van der Waals surface area contributed by atoms with Crippen LogP contribution >= 0.6 is 11.3 Å². The number of para-hydroxylation sites is 2. The molecule has 302 valence electrons. The average molecular weight is 845 g/mol. The third kappa shape index (κ3) is 5.43. The lowest BCUT2D eigenvalue weighted by Crippen LogP contribution is -2.03. The Morgan fingerprint density at radius 1 is 0.338 bits per heavy atom. The zero-order valence-corrected chi connectivity index (χ0v) is 35.8. The predicted octanol–water partition coefficient (Wildman–Crippen LogP) is 16.3. The van der Waals surface area contributed by atoms with Gasteiger partial charge in [-0.15, -0.1) is 11.3 Å². The first-order chi connectivity index (χ1) is 32.2. The van der Waals surface area contributed by atoms with Crippen molar-refractivity contribution in [2.45, 2.75) is 0 Å². The molecule has 0 amide bonds. The molecule has 0 bridgehead atoms. The Morgan fingerprint density at radius 3 is 1.72 bits per heavy atom. The van der Waals surface area contributed by atoms with Crippen molar-refractivity contribution >= 4 is 96.8 Å². The van der Waals surface area contributed by atoms with Crippen molar-refractivity contribution in [3.63, 3.8) is 0 Å². The molecule has 14 aromatic rings. The first-order valence-corrected chi connectivity index (χ1v) is 22.9. The number of fused-ring (bicyclic) bond motifs is 14. The molecule has 4 nitrogen and oxygen atoms in total. The SMILES string of the molecule is c1ccc(-c2cccc(-n3c4ccc(-c5ccc6c(c5)c5ccccc5n6-c5nc(-c6ccccc6)c6ccccc6n5)cc4c4c5c6ccccc6sc5c5ccccc5c43)c2)cc1. The fraction of sp³-hybridized carbons (Fsp3) is 0. The molecule has 0 aliphatic carbocycles. The van der Waals surface area contributed by atoms with E-state index in [1.807, 2.05) is 17.4 Å². The molecule has 0 atom stereocenters.